The summed E-state index contributed by atoms with van der Waals surface area (Å²) < 4.78 is 28.1. The van der Waals surface area contributed by atoms with E-state index in [4.69, 9.17) is 0 Å². The maximum Gasteiger partial charge on any atom is 0.264 e. The highest BCUT2D eigenvalue weighted by atomic mass is 32.2. The molecule has 0 saturated heterocycles. The Bertz CT molecular complexity index is 1000. The second-order valence-electron chi connectivity index (χ2n) is 6.80. The minimum atomic E-state index is -3.82. The zero-order valence-electron chi connectivity index (χ0n) is 15.5. The van der Waals surface area contributed by atoms with E-state index in [0.29, 0.717) is 12.2 Å². The normalized spacial score (nSPS) is 13.0. The molecule has 0 bridgehead atoms. The topological polar surface area (TPSA) is 60.9 Å². The average Bonchev–Trinajstić information content (AvgIpc) is 2.65. The van der Waals surface area contributed by atoms with Crippen molar-refractivity contribution in [3.8, 4) is 0 Å². The molecule has 0 radical (unpaired) electrons. The number of benzene rings is 3. The third-order valence-electron chi connectivity index (χ3n) is 4.31. The van der Waals surface area contributed by atoms with Crippen LogP contribution >= 0.6 is 0 Å². The van der Waals surface area contributed by atoms with E-state index in [-0.39, 0.29) is 11.4 Å². The molecule has 5 nitrogen and oxygen atoms in total. The van der Waals surface area contributed by atoms with E-state index in [0.717, 1.165) is 10.8 Å². The lowest BCUT2D eigenvalue weighted by Gasteiger charge is -2.28. The molecule has 0 spiro atoms. The van der Waals surface area contributed by atoms with Crippen LogP contribution in [-0.4, -0.2) is 51.7 Å². The van der Waals surface area contributed by atoms with Gasteiger partial charge in [0, 0.05) is 6.54 Å². The molecule has 0 heterocycles. The number of hydrogen-bond acceptors (Lipinski definition) is 4. The van der Waals surface area contributed by atoms with Gasteiger partial charge in [-0.25, -0.2) is 8.42 Å². The molecule has 0 amide bonds. The van der Waals surface area contributed by atoms with Gasteiger partial charge in [-0.2, -0.15) is 0 Å². The van der Waals surface area contributed by atoms with Crippen LogP contribution in [0.3, 0.4) is 0 Å². The van der Waals surface area contributed by atoms with E-state index in [1.807, 2.05) is 55.4 Å². The lowest BCUT2D eigenvalue weighted by atomic mass is 10.1. The van der Waals surface area contributed by atoms with Crippen molar-refractivity contribution in [2.24, 2.45) is 0 Å². The number of para-hydroxylation sites is 1. The Morgan fingerprint density at radius 3 is 2.15 bits per heavy atom. The van der Waals surface area contributed by atoms with Crippen LogP contribution in [0.4, 0.5) is 5.69 Å². The maximum absolute atomic E-state index is 13.4. The highest BCUT2D eigenvalue weighted by molar-refractivity contribution is 7.92. The summed E-state index contributed by atoms with van der Waals surface area (Å²) in [6, 6.07) is 21.6. The van der Waals surface area contributed by atoms with E-state index in [1.165, 1.54) is 4.31 Å². The SMILES string of the molecule is CN(C)C[C@H](O)CN(c1ccccc1)S(=O)(=O)c1ccc2ccccc2c1. The zero-order valence-corrected chi connectivity index (χ0v) is 16.3. The molecule has 0 aliphatic carbocycles. The first-order valence-corrected chi connectivity index (χ1v) is 10.2. The monoisotopic (exact) mass is 384 g/mol. The third kappa shape index (κ3) is 4.47. The van der Waals surface area contributed by atoms with Crippen LogP contribution in [0, 0.1) is 0 Å². The van der Waals surface area contributed by atoms with E-state index in [1.54, 1.807) is 36.4 Å². The molecule has 1 atom stereocenters. The fraction of sp³-hybridized carbons (Fsp3) is 0.238. The first-order chi connectivity index (χ1) is 12.9. The molecule has 6 heteroatoms. The van der Waals surface area contributed by atoms with Gasteiger partial charge in [-0.15, -0.1) is 0 Å². The highest BCUT2D eigenvalue weighted by Gasteiger charge is 2.27. The summed E-state index contributed by atoms with van der Waals surface area (Å²) in [5.41, 5.74) is 0.531. The second-order valence-corrected chi connectivity index (χ2v) is 8.66. The van der Waals surface area contributed by atoms with Crippen LogP contribution in [-0.2, 0) is 10.0 Å². The van der Waals surface area contributed by atoms with Crippen LogP contribution in [0.2, 0.25) is 0 Å². The molecule has 0 aromatic heterocycles. The van der Waals surface area contributed by atoms with E-state index in [2.05, 4.69) is 0 Å². The molecule has 3 aromatic carbocycles. The molecule has 3 aromatic rings. The van der Waals surface area contributed by atoms with Gasteiger partial charge >= 0.3 is 0 Å². The molecular formula is C21H24N2O3S. The van der Waals surface area contributed by atoms with E-state index >= 15 is 0 Å². The van der Waals surface area contributed by atoms with Gasteiger partial charge < -0.3 is 10.0 Å². The predicted octanol–water partition coefficient (Wildman–Crippen LogP) is 2.96. The Morgan fingerprint density at radius 2 is 1.48 bits per heavy atom. The summed E-state index contributed by atoms with van der Waals surface area (Å²) in [6.07, 6.45) is -0.810. The molecular weight excluding hydrogens is 360 g/mol. The van der Waals surface area contributed by atoms with Gasteiger partial charge in [0.25, 0.3) is 10.0 Å². The van der Waals surface area contributed by atoms with Gasteiger partial charge in [-0.05, 0) is 49.1 Å². The summed E-state index contributed by atoms with van der Waals surface area (Å²) in [6.45, 7) is 0.355. The second kappa shape index (κ2) is 8.08. The van der Waals surface area contributed by atoms with Gasteiger partial charge in [0.1, 0.15) is 0 Å². The molecule has 1 N–H and O–H groups in total. The zero-order chi connectivity index (χ0) is 19.4. The first kappa shape index (κ1) is 19.4. The number of aliphatic hydroxyl groups is 1. The highest BCUT2D eigenvalue weighted by Crippen LogP contribution is 2.26. The molecule has 27 heavy (non-hydrogen) atoms. The van der Waals surface area contributed by atoms with E-state index < -0.39 is 16.1 Å². The van der Waals surface area contributed by atoms with Crippen LogP contribution < -0.4 is 4.31 Å². The minimum absolute atomic E-state index is 0.0165. The summed E-state index contributed by atoms with van der Waals surface area (Å²) in [7, 11) is -0.139. The van der Waals surface area contributed by atoms with Crippen molar-refractivity contribution in [1.29, 1.82) is 0 Å². The van der Waals surface area contributed by atoms with Crippen LogP contribution in [0.1, 0.15) is 0 Å². The predicted molar refractivity (Wildman–Crippen MR) is 109 cm³/mol. The van der Waals surface area contributed by atoms with Gasteiger partial charge in [-0.1, -0.05) is 48.5 Å². The molecule has 0 aliphatic heterocycles. The Balaban J connectivity index is 2.03. The fourth-order valence-corrected chi connectivity index (χ4v) is 4.60. The number of hydrogen-bond donors (Lipinski definition) is 1. The van der Waals surface area contributed by atoms with E-state index in [9.17, 15) is 13.5 Å². The van der Waals surface area contributed by atoms with Gasteiger partial charge in [0.05, 0.1) is 23.2 Å². The molecule has 0 aliphatic rings. The fourth-order valence-electron chi connectivity index (χ4n) is 3.06. The largest absolute Gasteiger partial charge is 0.390 e. The molecule has 0 saturated carbocycles. The molecule has 3 rings (SSSR count). The summed E-state index contributed by atoms with van der Waals surface area (Å²) in [4.78, 5) is 2.04. The number of aliphatic hydroxyl groups excluding tert-OH is 1. The summed E-state index contributed by atoms with van der Waals surface area (Å²) in [5, 5.41) is 12.2. The number of likely N-dealkylation sites (N-methyl/N-ethyl adjacent to an activating group) is 1. The lowest BCUT2D eigenvalue weighted by molar-refractivity contribution is 0.145. The minimum Gasteiger partial charge on any atom is -0.390 e. The number of nitrogens with zero attached hydrogens (tertiary/aromatic N) is 2. The third-order valence-corrected chi connectivity index (χ3v) is 6.10. The quantitative estimate of drug-likeness (QED) is 0.680. The molecule has 0 fully saturated rings. The summed E-state index contributed by atoms with van der Waals surface area (Å²) >= 11 is 0. The van der Waals surface area contributed by atoms with Crippen LogP contribution in [0.5, 0.6) is 0 Å². The van der Waals surface area contributed by atoms with Gasteiger partial charge in [-0.3, -0.25) is 4.31 Å². The standard InChI is InChI=1S/C21H24N2O3S/c1-22(2)15-20(24)16-23(19-10-4-3-5-11-19)27(25,26)21-13-12-17-8-6-7-9-18(17)14-21/h3-14,20,24H,15-16H2,1-2H3/t20-/m0/s1. The molecule has 142 valence electrons. The van der Waals surface area contributed by atoms with Crippen molar-refractivity contribution in [2.75, 3.05) is 31.5 Å². The van der Waals surface area contributed by atoms with Gasteiger partial charge in [0.2, 0.25) is 0 Å². The van der Waals surface area contributed by atoms with Crippen molar-refractivity contribution in [2.45, 2.75) is 11.0 Å². The van der Waals surface area contributed by atoms with Gasteiger partial charge in [0.15, 0.2) is 0 Å². The Morgan fingerprint density at radius 1 is 0.852 bits per heavy atom. The smallest absolute Gasteiger partial charge is 0.264 e. The van der Waals surface area contributed by atoms with Crippen molar-refractivity contribution in [1.82, 2.24) is 4.90 Å². The number of fused-ring (bicyclic) bond motifs is 1. The van der Waals surface area contributed by atoms with Crippen molar-refractivity contribution in [3.05, 3.63) is 72.8 Å². The van der Waals surface area contributed by atoms with Crippen LogP contribution in [0.15, 0.2) is 77.7 Å². The summed E-state index contributed by atoms with van der Waals surface area (Å²) in [5.74, 6) is 0. The van der Waals surface area contributed by atoms with Crippen molar-refractivity contribution < 1.29 is 13.5 Å². The van der Waals surface area contributed by atoms with Crippen molar-refractivity contribution >= 4 is 26.5 Å². The number of sulfonamides is 1. The Labute approximate surface area is 160 Å². The molecule has 0 unspecified atom stereocenters. The van der Waals surface area contributed by atoms with Crippen LogP contribution in [0.25, 0.3) is 10.8 Å². The average molecular weight is 385 g/mol. The number of rotatable bonds is 7. The first-order valence-electron chi connectivity index (χ1n) is 8.77. The van der Waals surface area contributed by atoms with Crippen molar-refractivity contribution in [3.63, 3.8) is 0 Å². The Kier molecular flexibility index (Phi) is 5.79. The maximum atomic E-state index is 13.4. The Hall–Kier alpha value is -2.41. The lowest BCUT2D eigenvalue weighted by Crippen LogP contribution is -2.41. The number of anilines is 1.